The number of fused-ring (bicyclic) bond motifs is 1. The summed E-state index contributed by atoms with van der Waals surface area (Å²) in [5, 5.41) is 13.8. The van der Waals surface area contributed by atoms with Crippen LogP contribution >= 0.6 is 11.6 Å². The van der Waals surface area contributed by atoms with Gasteiger partial charge in [-0.25, -0.2) is 0 Å². The van der Waals surface area contributed by atoms with E-state index in [-0.39, 0.29) is 11.4 Å². The number of aliphatic imine (C=N–C) groups is 1. The van der Waals surface area contributed by atoms with Crippen LogP contribution in [0.15, 0.2) is 17.1 Å². The molecule has 0 saturated heterocycles. The first kappa shape index (κ1) is 11.7. The highest BCUT2D eigenvalue weighted by molar-refractivity contribution is 6.22. The summed E-state index contributed by atoms with van der Waals surface area (Å²) in [4.78, 5) is 14.3. The standard InChI is InChI=1S/C10H10ClN3O3/c1-2-17-9-4-7-6(3-8(9)14(15)16)10(11)13-5-12-7/h3-5,10H,2H2,1H3,(H,12,13). The number of benzene rings is 1. The Morgan fingerprint density at radius 2 is 2.41 bits per heavy atom. The smallest absolute Gasteiger partial charge is 0.311 e. The second-order valence-electron chi connectivity index (χ2n) is 3.36. The predicted molar refractivity (Wildman–Crippen MR) is 65.0 cm³/mol. The van der Waals surface area contributed by atoms with E-state index in [0.717, 1.165) is 0 Å². The van der Waals surface area contributed by atoms with Crippen molar-refractivity contribution >= 4 is 29.3 Å². The van der Waals surface area contributed by atoms with Crippen molar-refractivity contribution in [2.45, 2.75) is 12.4 Å². The molecule has 1 aliphatic heterocycles. The molecule has 0 fully saturated rings. The van der Waals surface area contributed by atoms with Crippen LogP contribution in [0.1, 0.15) is 18.0 Å². The number of nitro groups is 1. The van der Waals surface area contributed by atoms with E-state index in [2.05, 4.69) is 10.3 Å². The lowest BCUT2D eigenvalue weighted by Crippen LogP contribution is -2.09. The number of nitro benzene ring substituents is 1. The zero-order valence-corrected chi connectivity index (χ0v) is 9.77. The van der Waals surface area contributed by atoms with Crippen LogP contribution in [0.5, 0.6) is 5.75 Å². The molecule has 0 amide bonds. The van der Waals surface area contributed by atoms with Crippen molar-refractivity contribution in [2.24, 2.45) is 4.99 Å². The topological polar surface area (TPSA) is 76.8 Å². The van der Waals surface area contributed by atoms with Crippen LogP contribution < -0.4 is 10.1 Å². The third-order valence-electron chi connectivity index (χ3n) is 2.31. The Morgan fingerprint density at radius 3 is 3.06 bits per heavy atom. The Hall–Kier alpha value is -1.82. The molecule has 1 atom stereocenters. The lowest BCUT2D eigenvalue weighted by molar-refractivity contribution is -0.385. The summed E-state index contributed by atoms with van der Waals surface area (Å²) < 4.78 is 5.23. The third kappa shape index (κ3) is 2.16. The number of alkyl halides is 1. The van der Waals surface area contributed by atoms with Crippen LogP contribution in [0.2, 0.25) is 0 Å². The summed E-state index contributed by atoms with van der Waals surface area (Å²) in [6.45, 7) is 2.13. The van der Waals surface area contributed by atoms with E-state index in [1.54, 1.807) is 13.0 Å². The van der Waals surface area contributed by atoms with Crippen molar-refractivity contribution in [3.63, 3.8) is 0 Å². The maximum Gasteiger partial charge on any atom is 0.311 e. The van der Waals surface area contributed by atoms with Gasteiger partial charge < -0.3 is 10.1 Å². The number of ether oxygens (including phenoxy) is 1. The molecule has 6 nitrogen and oxygen atoms in total. The Balaban J connectivity index is 2.53. The highest BCUT2D eigenvalue weighted by Gasteiger charge is 2.23. The summed E-state index contributed by atoms with van der Waals surface area (Å²) in [5.74, 6) is 0.225. The van der Waals surface area contributed by atoms with Gasteiger partial charge in [-0.15, -0.1) is 0 Å². The molecule has 1 aromatic rings. The molecule has 90 valence electrons. The van der Waals surface area contributed by atoms with Gasteiger partial charge in [-0.1, -0.05) is 11.6 Å². The summed E-state index contributed by atoms with van der Waals surface area (Å²) in [6.07, 6.45) is 1.46. The minimum Gasteiger partial charge on any atom is -0.487 e. The summed E-state index contributed by atoms with van der Waals surface area (Å²) in [7, 11) is 0. The second-order valence-corrected chi connectivity index (χ2v) is 3.77. The SMILES string of the molecule is CCOc1cc2c(cc1[N+](=O)[O-])C(Cl)N=CN2. The Labute approximate surface area is 102 Å². The highest BCUT2D eigenvalue weighted by Crippen LogP contribution is 2.39. The van der Waals surface area contributed by atoms with Gasteiger partial charge in [-0.3, -0.25) is 15.1 Å². The van der Waals surface area contributed by atoms with E-state index >= 15 is 0 Å². The quantitative estimate of drug-likeness (QED) is 0.390. The van der Waals surface area contributed by atoms with Gasteiger partial charge in [0.25, 0.3) is 0 Å². The van der Waals surface area contributed by atoms with Crippen LogP contribution in [-0.2, 0) is 0 Å². The Bertz CT molecular complexity index is 490. The zero-order valence-electron chi connectivity index (χ0n) is 9.01. The van der Waals surface area contributed by atoms with Crippen LogP contribution in [0, 0.1) is 10.1 Å². The molecular weight excluding hydrogens is 246 g/mol. The number of nitrogens with one attached hydrogen (secondary N) is 1. The Morgan fingerprint density at radius 1 is 1.65 bits per heavy atom. The number of rotatable bonds is 3. The molecule has 0 spiro atoms. The predicted octanol–water partition coefficient (Wildman–Crippen LogP) is 2.68. The minimum absolute atomic E-state index is 0.102. The van der Waals surface area contributed by atoms with E-state index in [0.29, 0.717) is 17.9 Å². The van der Waals surface area contributed by atoms with Crippen LogP contribution in [0.25, 0.3) is 0 Å². The molecular formula is C10H10ClN3O3. The van der Waals surface area contributed by atoms with Crippen LogP contribution in [0.3, 0.4) is 0 Å². The van der Waals surface area contributed by atoms with E-state index in [1.807, 2.05) is 0 Å². The molecule has 0 saturated carbocycles. The van der Waals surface area contributed by atoms with Gasteiger partial charge in [-0.05, 0) is 6.92 Å². The lowest BCUT2D eigenvalue weighted by Gasteiger charge is -2.17. The monoisotopic (exact) mass is 255 g/mol. The molecule has 2 rings (SSSR count). The first-order valence-electron chi connectivity index (χ1n) is 5.01. The minimum atomic E-state index is -0.611. The van der Waals surface area contributed by atoms with Gasteiger partial charge in [-0.2, -0.15) is 0 Å². The molecule has 0 radical (unpaired) electrons. The molecule has 1 unspecified atom stereocenters. The molecule has 0 bridgehead atoms. The molecule has 0 aliphatic carbocycles. The first-order valence-corrected chi connectivity index (χ1v) is 5.44. The lowest BCUT2D eigenvalue weighted by atomic mass is 10.1. The van der Waals surface area contributed by atoms with Crippen molar-refractivity contribution in [3.8, 4) is 5.75 Å². The molecule has 17 heavy (non-hydrogen) atoms. The fourth-order valence-electron chi connectivity index (χ4n) is 1.57. The third-order valence-corrected chi connectivity index (χ3v) is 2.66. The zero-order chi connectivity index (χ0) is 12.4. The number of hydrogen-bond acceptors (Lipinski definition) is 5. The van der Waals surface area contributed by atoms with Gasteiger partial charge in [0.15, 0.2) is 11.3 Å². The Kier molecular flexibility index (Phi) is 3.14. The van der Waals surface area contributed by atoms with Gasteiger partial charge in [0, 0.05) is 23.4 Å². The largest absolute Gasteiger partial charge is 0.487 e. The van der Waals surface area contributed by atoms with Crippen LogP contribution in [-0.4, -0.2) is 17.9 Å². The molecule has 1 heterocycles. The number of halogens is 1. The summed E-state index contributed by atoms with van der Waals surface area (Å²) in [5.41, 5.74) is 0.536. The maximum absolute atomic E-state index is 10.9. The van der Waals surface area contributed by atoms with Crippen molar-refractivity contribution in [1.82, 2.24) is 0 Å². The molecule has 0 aromatic heterocycles. The normalized spacial score (nSPS) is 17.2. The van der Waals surface area contributed by atoms with E-state index in [9.17, 15) is 10.1 Å². The van der Waals surface area contributed by atoms with Gasteiger partial charge >= 0.3 is 5.69 Å². The number of nitrogens with zero attached hydrogens (tertiary/aromatic N) is 2. The van der Waals surface area contributed by atoms with E-state index in [1.165, 1.54) is 12.4 Å². The van der Waals surface area contributed by atoms with Gasteiger partial charge in [0.05, 0.1) is 17.9 Å². The van der Waals surface area contributed by atoms with E-state index < -0.39 is 10.4 Å². The van der Waals surface area contributed by atoms with Crippen molar-refractivity contribution in [1.29, 1.82) is 0 Å². The number of anilines is 1. The van der Waals surface area contributed by atoms with Crippen LogP contribution in [0.4, 0.5) is 11.4 Å². The second kappa shape index (κ2) is 4.58. The first-order chi connectivity index (χ1) is 8.13. The molecule has 1 aliphatic rings. The summed E-state index contributed by atoms with van der Waals surface area (Å²) in [6, 6.07) is 2.96. The van der Waals surface area contributed by atoms with Gasteiger partial charge in [0.2, 0.25) is 0 Å². The van der Waals surface area contributed by atoms with E-state index in [4.69, 9.17) is 16.3 Å². The summed E-state index contributed by atoms with van der Waals surface area (Å²) >= 11 is 5.95. The fourth-order valence-corrected chi connectivity index (χ4v) is 1.81. The highest BCUT2D eigenvalue weighted by atomic mass is 35.5. The van der Waals surface area contributed by atoms with Crippen molar-refractivity contribution < 1.29 is 9.66 Å². The average molecular weight is 256 g/mol. The molecule has 1 N–H and O–H groups in total. The van der Waals surface area contributed by atoms with Crippen molar-refractivity contribution in [2.75, 3.05) is 11.9 Å². The maximum atomic E-state index is 10.9. The number of hydrogen-bond donors (Lipinski definition) is 1. The van der Waals surface area contributed by atoms with Crippen molar-refractivity contribution in [3.05, 3.63) is 27.8 Å². The molecule has 1 aromatic carbocycles. The van der Waals surface area contributed by atoms with Gasteiger partial charge in [0.1, 0.15) is 0 Å². The fraction of sp³-hybridized carbons (Fsp3) is 0.300. The average Bonchev–Trinajstić information content (AvgIpc) is 2.29. The molecule has 7 heteroatoms.